The summed E-state index contributed by atoms with van der Waals surface area (Å²) in [5.41, 5.74) is 0. The maximum absolute atomic E-state index is 11.0. The molecular weight excluding hydrogens is 144 g/mol. The van der Waals surface area contributed by atoms with Crippen LogP contribution < -0.4 is 0 Å². The summed E-state index contributed by atoms with van der Waals surface area (Å²) in [4.78, 5) is 11.0. The van der Waals surface area contributed by atoms with Crippen molar-refractivity contribution in [3.05, 3.63) is 0 Å². The quantitative estimate of drug-likeness (QED) is 0.609. The monoisotopic (exact) mass is 160 g/mol. The minimum Gasteiger partial charge on any atom is -0.463 e. The molecule has 0 saturated carbocycles. The second-order valence-corrected chi connectivity index (χ2v) is 2.58. The number of aliphatic hydroxyl groups is 1. The first kappa shape index (κ1) is 10.4. The van der Waals surface area contributed by atoms with E-state index < -0.39 is 0 Å². The topological polar surface area (TPSA) is 46.5 Å². The average Bonchev–Trinajstić information content (AvgIpc) is 2.00. The molecule has 0 radical (unpaired) electrons. The van der Waals surface area contributed by atoms with E-state index in [1.165, 1.54) is 0 Å². The summed E-state index contributed by atoms with van der Waals surface area (Å²) in [6, 6.07) is 0. The van der Waals surface area contributed by atoms with E-state index in [2.05, 4.69) is 0 Å². The Kier molecular flexibility index (Phi) is 5.84. The van der Waals surface area contributed by atoms with E-state index in [1.807, 2.05) is 13.8 Å². The van der Waals surface area contributed by atoms with Gasteiger partial charge >= 0.3 is 5.97 Å². The Morgan fingerprint density at radius 2 is 2.27 bits per heavy atom. The molecular formula is C8H16O3. The lowest BCUT2D eigenvalue weighted by atomic mass is 10.1. The minimum absolute atomic E-state index is 0.0356. The van der Waals surface area contributed by atoms with Gasteiger partial charge in [0.15, 0.2) is 0 Å². The molecule has 0 saturated heterocycles. The minimum atomic E-state index is -0.207. The third-order valence-corrected chi connectivity index (χ3v) is 1.46. The van der Waals surface area contributed by atoms with Gasteiger partial charge in [-0.3, -0.25) is 4.79 Å². The second-order valence-electron chi connectivity index (χ2n) is 2.58. The molecule has 0 bridgehead atoms. The zero-order chi connectivity index (χ0) is 8.69. The van der Waals surface area contributed by atoms with Crippen LogP contribution in [0, 0.1) is 5.92 Å². The maximum atomic E-state index is 11.0. The highest BCUT2D eigenvalue weighted by Crippen LogP contribution is 2.06. The molecule has 1 atom stereocenters. The number of ether oxygens (including phenoxy) is 1. The first-order valence-electron chi connectivity index (χ1n) is 3.99. The molecule has 0 aliphatic carbocycles. The van der Waals surface area contributed by atoms with Crippen LogP contribution in [0.1, 0.15) is 26.7 Å². The third kappa shape index (κ3) is 4.79. The average molecular weight is 160 g/mol. The van der Waals surface area contributed by atoms with Gasteiger partial charge in [-0.2, -0.15) is 0 Å². The van der Waals surface area contributed by atoms with Gasteiger partial charge in [-0.25, -0.2) is 0 Å². The Bertz CT molecular complexity index is 112. The van der Waals surface area contributed by atoms with Crippen molar-refractivity contribution in [1.29, 1.82) is 0 Å². The summed E-state index contributed by atoms with van der Waals surface area (Å²) in [7, 11) is 0. The predicted molar refractivity (Wildman–Crippen MR) is 42.1 cm³/mol. The van der Waals surface area contributed by atoms with Crippen molar-refractivity contribution in [3.63, 3.8) is 0 Å². The summed E-state index contributed by atoms with van der Waals surface area (Å²) in [5.74, 6) is -0.243. The van der Waals surface area contributed by atoms with E-state index in [0.717, 1.165) is 12.8 Å². The Morgan fingerprint density at radius 1 is 1.64 bits per heavy atom. The largest absolute Gasteiger partial charge is 0.463 e. The van der Waals surface area contributed by atoms with E-state index in [0.29, 0.717) is 0 Å². The highest BCUT2D eigenvalue weighted by atomic mass is 16.5. The van der Waals surface area contributed by atoms with Crippen molar-refractivity contribution in [3.8, 4) is 0 Å². The molecule has 0 aromatic heterocycles. The van der Waals surface area contributed by atoms with Crippen molar-refractivity contribution < 1.29 is 14.6 Å². The van der Waals surface area contributed by atoms with Gasteiger partial charge < -0.3 is 9.84 Å². The van der Waals surface area contributed by atoms with Crippen LogP contribution in [0.25, 0.3) is 0 Å². The smallest absolute Gasteiger partial charge is 0.308 e. The van der Waals surface area contributed by atoms with Crippen LogP contribution in [-0.4, -0.2) is 24.3 Å². The lowest BCUT2D eigenvalue weighted by molar-refractivity contribution is -0.149. The highest BCUT2D eigenvalue weighted by molar-refractivity contribution is 5.71. The summed E-state index contributed by atoms with van der Waals surface area (Å²) in [5, 5.41) is 8.35. The van der Waals surface area contributed by atoms with E-state index in [1.54, 1.807) is 0 Å². The molecule has 3 nitrogen and oxygen atoms in total. The van der Waals surface area contributed by atoms with Crippen molar-refractivity contribution in [1.82, 2.24) is 0 Å². The van der Waals surface area contributed by atoms with Crippen molar-refractivity contribution >= 4 is 5.97 Å². The number of esters is 1. The molecule has 0 fully saturated rings. The number of hydrogen-bond donors (Lipinski definition) is 1. The molecule has 3 heteroatoms. The van der Waals surface area contributed by atoms with Crippen LogP contribution >= 0.6 is 0 Å². The summed E-state index contributed by atoms with van der Waals surface area (Å²) in [6.45, 7) is 3.89. The normalized spacial score (nSPS) is 12.6. The van der Waals surface area contributed by atoms with Gasteiger partial charge in [0, 0.05) is 0 Å². The van der Waals surface area contributed by atoms with Gasteiger partial charge in [0.1, 0.15) is 6.61 Å². The fraction of sp³-hybridized carbons (Fsp3) is 0.875. The van der Waals surface area contributed by atoms with Crippen molar-refractivity contribution in [2.45, 2.75) is 26.7 Å². The van der Waals surface area contributed by atoms with Crippen LogP contribution in [-0.2, 0) is 9.53 Å². The molecule has 66 valence electrons. The summed E-state index contributed by atoms with van der Waals surface area (Å²) in [6.07, 6.45) is 1.83. The van der Waals surface area contributed by atoms with Gasteiger partial charge in [-0.15, -0.1) is 0 Å². The van der Waals surface area contributed by atoms with Crippen LogP contribution in [0.15, 0.2) is 0 Å². The maximum Gasteiger partial charge on any atom is 0.308 e. The second kappa shape index (κ2) is 6.16. The first-order chi connectivity index (χ1) is 5.22. The standard InChI is InChI=1S/C8H16O3/c1-3-4-7(2)8(10)11-6-5-9/h7,9H,3-6H2,1-2H3. The molecule has 11 heavy (non-hydrogen) atoms. The number of aliphatic hydroxyl groups excluding tert-OH is 1. The van der Waals surface area contributed by atoms with E-state index in [4.69, 9.17) is 9.84 Å². The van der Waals surface area contributed by atoms with Crippen molar-refractivity contribution in [2.75, 3.05) is 13.2 Å². The summed E-state index contributed by atoms with van der Waals surface area (Å²) < 4.78 is 4.72. The highest BCUT2D eigenvalue weighted by Gasteiger charge is 2.11. The molecule has 0 aromatic carbocycles. The van der Waals surface area contributed by atoms with Crippen LogP contribution in [0.4, 0.5) is 0 Å². The molecule has 0 amide bonds. The molecule has 0 aliphatic rings. The van der Waals surface area contributed by atoms with Gasteiger partial charge in [-0.1, -0.05) is 20.3 Å². The number of rotatable bonds is 5. The van der Waals surface area contributed by atoms with E-state index in [-0.39, 0.29) is 25.1 Å². The molecule has 0 rings (SSSR count). The Hall–Kier alpha value is -0.570. The van der Waals surface area contributed by atoms with Crippen LogP contribution in [0.2, 0.25) is 0 Å². The number of carbonyl (C=O) groups is 1. The fourth-order valence-corrected chi connectivity index (χ4v) is 0.839. The zero-order valence-corrected chi connectivity index (χ0v) is 7.17. The lowest BCUT2D eigenvalue weighted by Gasteiger charge is -2.08. The van der Waals surface area contributed by atoms with Gasteiger partial charge in [0.25, 0.3) is 0 Å². The first-order valence-corrected chi connectivity index (χ1v) is 3.99. The van der Waals surface area contributed by atoms with Gasteiger partial charge in [0.2, 0.25) is 0 Å². The molecule has 0 spiro atoms. The fourth-order valence-electron chi connectivity index (χ4n) is 0.839. The molecule has 1 unspecified atom stereocenters. The Balaban J connectivity index is 3.47. The summed E-state index contributed by atoms with van der Waals surface area (Å²) >= 11 is 0. The van der Waals surface area contributed by atoms with Gasteiger partial charge in [0.05, 0.1) is 12.5 Å². The molecule has 0 aliphatic heterocycles. The Labute approximate surface area is 67.4 Å². The van der Waals surface area contributed by atoms with Gasteiger partial charge in [-0.05, 0) is 6.42 Å². The molecule has 0 aromatic rings. The SMILES string of the molecule is CCCC(C)C(=O)OCCO. The number of hydrogen-bond acceptors (Lipinski definition) is 3. The Morgan fingerprint density at radius 3 is 2.73 bits per heavy atom. The number of carbonyl (C=O) groups excluding carboxylic acids is 1. The zero-order valence-electron chi connectivity index (χ0n) is 7.17. The predicted octanol–water partition coefficient (Wildman–Crippen LogP) is 0.958. The van der Waals surface area contributed by atoms with Crippen LogP contribution in [0.5, 0.6) is 0 Å². The van der Waals surface area contributed by atoms with Crippen LogP contribution in [0.3, 0.4) is 0 Å². The molecule has 0 heterocycles. The van der Waals surface area contributed by atoms with E-state index in [9.17, 15) is 4.79 Å². The van der Waals surface area contributed by atoms with Crippen molar-refractivity contribution in [2.24, 2.45) is 5.92 Å². The lowest BCUT2D eigenvalue weighted by Crippen LogP contribution is -2.16. The van der Waals surface area contributed by atoms with E-state index >= 15 is 0 Å². The molecule has 1 N–H and O–H groups in total. The third-order valence-electron chi connectivity index (χ3n) is 1.46.